The molecule has 0 aromatic carbocycles. The van der Waals surface area contributed by atoms with Crippen LogP contribution in [-0.4, -0.2) is 73.6 Å². The van der Waals surface area contributed by atoms with Crippen LogP contribution in [0.4, 0.5) is 5.13 Å². The third-order valence-electron chi connectivity index (χ3n) is 4.88. The summed E-state index contributed by atoms with van der Waals surface area (Å²) in [7, 11) is 0. The van der Waals surface area contributed by atoms with Crippen LogP contribution in [0.2, 0.25) is 0 Å². The lowest BCUT2D eigenvalue weighted by atomic mass is 9.99. The van der Waals surface area contributed by atoms with Gasteiger partial charge in [0.15, 0.2) is 10.8 Å². The van der Waals surface area contributed by atoms with E-state index in [1.807, 2.05) is 0 Å². The number of nitrogen functional groups attached to an aromatic ring is 1. The Labute approximate surface area is 172 Å². The molecule has 3 aliphatic heterocycles. The molecule has 29 heavy (non-hydrogen) atoms. The monoisotopic (exact) mass is 439 g/mol. The van der Waals surface area contributed by atoms with Gasteiger partial charge in [-0.15, -0.1) is 23.1 Å². The normalized spacial score (nSPS) is 26.9. The Morgan fingerprint density at radius 1 is 1.45 bits per heavy atom. The molecule has 13 heteroatoms. The van der Waals surface area contributed by atoms with Crippen LogP contribution in [0.15, 0.2) is 21.8 Å². The molecule has 2 saturated heterocycles. The van der Waals surface area contributed by atoms with Crippen molar-refractivity contribution in [3.63, 3.8) is 0 Å². The Bertz CT molecular complexity index is 938. The van der Waals surface area contributed by atoms with Crippen molar-refractivity contribution in [3.8, 4) is 0 Å². The number of carboxylic acid groups (broad SMARTS) is 1. The molecule has 4 heterocycles. The molecular formula is C16H17N5O6S2. The molecule has 2 fully saturated rings. The van der Waals surface area contributed by atoms with Crippen LogP contribution in [0, 0.1) is 0 Å². The molecule has 0 bridgehead atoms. The van der Waals surface area contributed by atoms with Crippen molar-refractivity contribution in [2.24, 2.45) is 5.16 Å². The summed E-state index contributed by atoms with van der Waals surface area (Å²) in [6.45, 7) is 0.562. The lowest BCUT2D eigenvalue weighted by Gasteiger charge is -2.49. The van der Waals surface area contributed by atoms with Gasteiger partial charge >= 0.3 is 5.97 Å². The van der Waals surface area contributed by atoms with Gasteiger partial charge in [-0.2, -0.15) is 0 Å². The highest BCUT2D eigenvalue weighted by molar-refractivity contribution is 8.00. The second kappa shape index (κ2) is 7.65. The summed E-state index contributed by atoms with van der Waals surface area (Å²) in [6.07, 6.45) is 1.25. The first-order valence-electron chi connectivity index (χ1n) is 8.69. The van der Waals surface area contributed by atoms with E-state index in [0.717, 1.165) is 17.8 Å². The van der Waals surface area contributed by atoms with E-state index in [0.29, 0.717) is 24.4 Å². The third kappa shape index (κ3) is 3.34. The van der Waals surface area contributed by atoms with E-state index < -0.39 is 29.2 Å². The number of β-lactam (4-membered cyclic amide) rings is 1. The number of oxime groups is 1. The highest BCUT2D eigenvalue weighted by Gasteiger charge is 2.55. The maximum Gasteiger partial charge on any atom is 0.352 e. The van der Waals surface area contributed by atoms with Crippen LogP contribution in [0.3, 0.4) is 0 Å². The minimum atomic E-state index is -1.20. The maximum absolute atomic E-state index is 12.7. The van der Waals surface area contributed by atoms with E-state index in [1.165, 1.54) is 22.0 Å². The van der Waals surface area contributed by atoms with Crippen LogP contribution >= 0.6 is 23.1 Å². The smallest absolute Gasteiger partial charge is 0.352 e. The number of amides is 2. The van der Waals surface area contributed by atoms with Crippen molar-refractivity contribution < 1.29 is 29.4 Å². The van der Waals surface area contributed by atoms with Crippen molar-refractivity contribution in [2.45, 2.75) is 30.4 Å². The van der Waals surface area contributed by atoms with Crippen molar-refractivity contribution in [2.75, 3.05) is 18.1 Å². The Balaban J connectivity index is 1.52. The third-order valence-corrected chi connectivity index (χ3v) is 6.86. The second-order valence-electron chi connectivity index (χ2n) is 6.56. The highest BCUT2D eigenvalue weighted by atomic mass is 32.2. The average Bonchev–Trinajstić information content (AvgIpc) is 3.37. The number of carbonyl (C=O) groups excluding carboxylic acids is 2. The minimum Gasteiger partial charge on any atom is -0.477 e. The Morgan fingerprint density at radius 2 is 2.24 bits per heavy atom. The Morgan fingerprint density at radius 3 is 2.83 bits per heavy atom. The van der Waals surface area contributed by atoms with Crippen LogP contribution in [0.5, 0.6) is 0 Å². The first kappa shape index (κ1) is 19.7. The molecule has 1 unspecified atom stereocenters. The largest absolute Gasteiger partial charge is 0.477 e. The van der Waals surface area contributed by atoms with E-state index in [1.54, 1.807) is 0 Å². The topological polar surface area (TPSA) is 167 Å². The van der Waals surface area contributed by atoms with Gasteiger partial charge < -0.3 is 26.1 Å². The molecular weight excluding hydrogens is 422 g/mol. The van der Waals surface area contributed by atoms with Crippen LogP contribution in [-0.2, 0) is 19.1 Å². The standard InChI is InChI=1S/C16H17N5O6S2/c17-16-18-7(5-29-16)9(20-26)12(22)19-10-13(23)21-11(15(24)25)6(4-28-14(10)21)8-2-1-3-27-8/h5,8,10,14,26H,1-4H2,(H2,17,18)(H,19,22)(H,24,25)/b20-9+/t8?,10-,14-/m1/s1. The van der Waals surface area contributed by atoms with E-state index in [4.69, 9.17) is 10.5 Å². The van der Waals surface area contributed by atoms with Crippen molar-refractivity contribution >= 4 is 51.7 Å². The summed E-state index contributed by atoms with van der Waals surface area (Å²) in [6, 6.07) is -0.944. The first-order valence-corrected chi connectivity index (χ1v) is 10.6. The summed E-state index contributed by atoms with van der Waals surface area (Å²) >= 11 is 2.43. The zero-order valence-corrected chi connectivity index (χ0v) is 16.5. The van der Waals surface area contributed by atoms with Crippen LogP contribution in [0.1, 0.15) is 18.5 Å². The molecule has 0 saturated carbocycles. The summed E-state index contributed by atoms with van der Waals surface area (Å²) in [5.74, 6) is -2.16. The number of aromatic nitrogens is 1. The molecule has 154 valence electrons. The number of hydrogen-bond acceptors (Lipinski definition) is 10. The van der Waals surface area contributed by atoms with Crippen LogP contribution < -0.4 is 11.1 Å². The van der Waals surface area contributed by atoms with Gasteiger partial charge in [0.25, 0.3) is 11.8 Å². The number of nitrogens with zero attached hydrogens (tertiary/aromatic N) is 3. The molecule has 11 nitrogen and oxygen atoms in total. The molecule has 0 radical (unpaired) electrons. The zero-order valence-electron chi connectivity index (χ0n) is 14.9. The number of thiazole rings is 1. The molecule has 2 amide bonds. The summed E-state index contributed by atoms with van der Waals surface area (Å²) in [5.41, 5.74) is 5.76. The molecule has 3 atom stereocenters. The molecule has 0 aliphatic carbocycles. The van der Waals surface area contributed by atoms with Gasteiger partial charge in [-0.05, 0) is 18.4 Å². The molecule has 4 rings (SSSR count). The van der Waals surface area contributed by atoms with Crippen molar-refractivity contribution in [1.82, 2.24) is 15.2 Å². The number of hydrogen-bond donors (Lipinski definition) is 4. The average molecular weight is 439 g/mol. The number of anilines is 1. The molecule has 1 aromatic heterocycles. The van der Waals surface area contributed by atoms with Crippen LogP contribution in [0.25, 0.3) is 0 Å². The molecule has 3 aliphatic rings. The fourth-order valence-corrected chi connectivity index (χ4v) is 5.52. The number of nitrogens with two attached hydrogens (primary N) is 1. The van der Waals surface area contributed by atoms with E-state index >= 15 is 0 Å². The van der Waals surface area contributed by atoms with Gasteiger partial charge in [0.2, 0.25) is 0 Å². The lowest BCUT2D eigenvalue weighted by molar-refractivity contribution is -0.150. The summed E-state index contributed by atoms with van der Waals surface area (Å²) in [5, 5.41) is 25.4. The van der Waals surface area contributed by atoms with E-state index in [9.17, 15) is 24.7 Å². The number of ether oxygens (including phenoxy) is 1. The van der Waals surface area contributed by atoms with E-state index in [2.05, 4.69) is 15.5 Å². The SMILES string of the molecule is Nc1nc(/C(=N\O)C(=O)N[C@@H]2C(=O)N3C(C(=O)O)=C(C4CCCO4)CS[C@H]23)cs1. The number of nitrogens with one attached hydrogen (secondary N) is 1. The first-order chi connectivity index (χ1) is 13.9. The van der Waals surface area contributed by atoms with Gasteiger partial charge in [-0.3, -0.25) is 14.5 Å². The number of carbonyl (C=O) groups is 3. The number of rotatable bonds is 5. The molecule has 0 spiro atoms. The quantitative estimate of drug-likeness (QED) is 0.210. The Kier molecular flexibility index (Phi) is 5.19. The van der Waals surface area contributed by atoms with Gasteiger partial charge in [0.1, 0.15) is 22.8 Å². The van der Waals surface area contributed by atoms with E-state index in [-0.39, 0.29) is 28.3 Å². The molecule has 5 N–H and O–H groups in total. The predicted molar refractivity (Wildman–Crippen MR) is 104 cm³/mol. The minimum absolute atomic E-state index is 0.0699. The number of aliphatic carboxylic acids is 1. The zero-order chi connectivity index (χ0) is 20.7. The fourth-order valence-electron chi connectivity index (χ4n) is 3.56. The fraction of sp³-hybridized carbons (Fsp3) is 0.438. The Hall–Kier alpha value is -2.64. The lowest BCUT2D eigenvalue weighted by Crippen LogP contribution is -2.71. The summed E-state index contributed by atoms with van der Waals surface area (Å²) in [4.78, 5) is 42.1. The van der Waals surface area contributed by atoms with Crippen molar-refractivity contribution in [1.29, 1.82) is 0 Å². The van der Waals surface area contributed by atoms with Gasteiger partial charge in [-0.25, -0.2) is 9.78 Å². The highest BCUT2D eigenvalue weighted by Crippen LogP contribution is 2.42. The predicted octanol–water partition coefficient (Wildman–Crippen LogP) is -0.179. The number of fused-ring (bicyclic) bond motifs is 1. The van der Waals surface area contributed by atoms with Crippen molar-refractivity contribution in [3.05, 3.63) is 22.3 Å². The van der Waals surface area contributed by atoms with Gasteiger partial charge in [0, 0.05) is 17.7 Å². The molecule has 1 aromatic rings. The maximum atomic E-state index is 12.7. The summed E-state index contributed by atoms with van der Waals surface area (Å²) < 4.78 is 5.60. The number of carboxylic acids is 1. The van der Waals surface area contributed by atoms with Gasteiger partial charge in [-0.1, -0.05) is 5.16 Å². The van der Waals surface area contributed by atoms with Gasteiger partial charge in [0.05, 0.1) is 6.10 Å². The number of thioether (sulfide) groups is 1. The second-order valence-corrected chi connectivity index (χ2v) is 8.56.